The monoisotopic (exact) mass is 551 g/mol. The molecular formula is C24H24Cl3N5O4. The Bertz CT molecular complexity index is 1260. The lowest BCUT2D eigenvalue weighted by Gasteiger charge is -2.19. The van der Waals surface area contributed by atoms with Crippen LogP contribution in [0.2, 0.25) is 0 Å². The lowest BCUT2D eigenvalue weighted by Crippen LogP contribution is -2.27. The average molecular weight is 553 g/mol. The minimum absolute atomic E-state index is 0.287. The molecule has 36 heavy (non-hydrogen) atoms. The molecular weight excluding hydrogens is 529 g/mol. The van der Waals surface area contributed by atoms with E-state index in [1.165, 1.54) is 6.33 Å². The maximum absolute atomic E-state index is 12.1. The molecule has 2 aromatic heterocycles. The molecule has 0 saturated carbocycles. The van der Waals surface area contributed by atoms with Crippen LogP contribution in [0.3, 0.4) is 0 Å². The molecule has 0 spiro atoms. The second-order valence-corrected chi connectivity index (χ2v) is 11.2. The van der Waals surface area contributed by atoms with Crippen molar-refractivity contribution >= 4 is 58.5 Å². The van der Waals surface area contributed by atoms with Gasteiger partial charge in [0, 0.05) is 35.3 Å². The van der Waals surface area contributed by atoms with Crippen LogP contribution in [0.15, 0.2) is 49.1 Å². The van der Waals surface area contributed by atoms with Gasteiger partial charge in [-0.05, 0) is 57.0 Å². The molecule has 3 aromatic rings. The number of pyridine rings is 1. The van der Waals surface area contributed by atoms with E-state index in [0.29, 0.717) is 16.9 Å². The number of ether oxygens (including phenoxy) is 2. The number of aryl methyl sites for hydroxylation is 1. The van der Waals surface area contributed by atoms with Crippen molar-refractivity contribution in [2.24, 2.45) is 0 Å². The molecule has 9 nitrogen and oxygen atoms in total. The fourth-order valence-electron chi connectivity index (χ4n) is 3.03. The van der Waals surface area contributed by atoms with Crippen LogP contribution in [-0.2, 0) is 9.47 Å². The van der Waals surface area contributed by atoms with Gasteiger partial charge in [0.15, 0.2) is 0 Å². The Hall–Kier alpha value is -3.14. The van der Waals surface area contributed by atoms with Gasteiger partial charge in [0.1, 0.15) is 24.4 Å². The van der Waals surface area contributed by atoms with Crippen LogP contribution in [0.5, 0.6) is 0 Å². The van der Waals surface area contributed by atoms with E-state index in [9.17, 15) is 9.59 Å². The molecule has 2 N–H and O–H groups in total. The first-order valence-electron chi connectivity index (χ1n) is 10.7. The summed E-state index contributed by atoms with van der Waals surface area (Å²) in [5.41, 5.74) is 3.65. The molecule has 0 fully saturated rings. The number of carbonyl (C=O) groups is 2. The topological polar surface area (TPSA) is 115 Å². The molecule has 3 rings (SSSR count). The fourth-order valence-corrected chi connectivity index (χ4v) is 3.19. The minimum atomic E-state index is -1.70. The molecule has 0 atom stereocenters. The third-order valence-electron chi connectivity index (χ3n) is 4.49. The zero-order valence-corrected chi connectivity index (χ0v) is 22.2. The summed E-state index contributed by atoms with van der Waals surface area (Å²) in [4.78, 5) is 36.8. The molecule has 0 aliphatic carbocycles. The minimum Gasteiger partial charge on any atom is -0.445 e. The lowest BCUT2D eigenvalue weighted by atomic mass is 9.99. The predicted molar refractivity (Wildman–Crippen MR) is 141 cm³/mol. The van der Waals surface area contributed by atoms with E-state index in [2.05, 4.69) is 25.6 Å². The Balaban J connectivity index is 1.81. The summed E-state index contributed by atoms with van der Waals surface area (Å²) < 4.78 is 8.48. The van der Waals surface area contributed by atoms with E-state index in [4.69, 9.17) is 44.3 Å². The number of rotatable bonds is 5. The molecule has 0 unspecified atom stereocenters. The van der Waals surface area contributed by atoms with Crippen molar-refractivity contribution in [2.45, 2.75) is 37.1 Å². The molecule has 2 heterocycles. The van der Waals surface area contributed by atoms with E-state index in [0.717, 1.165) is 16.7 Å². The first-order valence-corrected chi connectivity index (χ1v) is 11.8. The Morgan fingerprint density at radius 3 is 2.36 bits per heavy atom. The molecule has 1 aromatic carbocycles. The molecule has 0 radical (unpaired) electrons. The van der Waals surface area contributed by atoms with Crippen LogP contribution in [0.4, 0.5) is 21.1 Å². The maximum atomic E-state index is 12.1. The summed E-state index contributed by atoms with van der Waals surface area (Å²) >= 11 is 16.8. The normalized spacial score (nSPS) is 11.5. The number of hydrogen-bond acceptors (Lipinski definition) is 7. The van der Waals surface area contributed by atoms with Crippen LogP contribution < -0.4 is 10.6 Å². The fraction of sp³-hybridized carbons (Fsp3) is 0.292. The van der Waals surface area contributed by atoms with Crippen LogP contribution in [-0.4, -0.2) is 43.1 Å². The number of alkyl halides is 3. The van der Waals surface area contributed by atoms with E-state index in [-0.39, 0.29) is 5.82 Å². The number of aromatic nitrogens is 3. The van der Waals surface area contributed by atoms with Crippen molar-refractivity contribution in [3.63, 3.8) is 0 Å². The van der Waals surface area contributed by atoms with Gasteiger partial charge in [-0.25, -0.2) is 19.6 Å². The molecule has 2 amide bonds. The summed E-state index contributed by atoms with van der Waals surface area (Å²) in [6, 6.07) is 8.87. The van der Waals surface area contributed by atoms with Crippen molar-refractivity contribution < 1.29 is 19.1 Å². The molecule has 0 bridgehead atoms. The highest BCUT2D eigenvalue weighted by atomic mass is 35.6. The van der Waals surface area contributed by atoms with Crippen molar-refractivity contribution in [1.82, 2.24) is 15.0 Å². The largest absolute Gasteiger partial charge is 0.445 e. The molecule has 190 valence electrons. The van der Waals surface area contributed by atoms with Crippen LogP contribution >= 0.6 is 34.8 Å². The van der Waals surface area contributed by atoms with Gasteiger partial charge >= 0.3 is 12.2 Å². The Morgan fingerprint density at radius 1 is 0.944 bits per heavy atom. The van der Waals surface area contributed by atoms with E-state index in [1.54, 1.807) is 51.4 Å². The molecule has 0 aliphatic heterocycles. The summed E-state index contributed by atoms with van der Waals surface area (Å²) in [6.07, 6.45) is 3.31. The highest BCUT2D eigenvalue weighted by molar-refractivity contribution is 6.67. The van der Waals surface area contributed by atoms with Crippen LogP contribution in [0.1, 0.15) is 26.3 Å². The van der Waals surface area contributed by atoms with Crippen molar-refractivity contribution in [3.8, 4) is 22.4 Å². The van der Waals surface area contributed by atoms with Crippen LogP contribution in [0.25, 0.3) is 22.4 Å². The summed E-state index contributed by atoms with van der Waals surface area (Å²) in [6.45, 7) is 6.86. The van der Waals surface area contributed by atoms with Gasteiger partial charge in [-0.2, -0.15) is 0 Å². The Labute approximate surface area is 223 Å². The van der Waals surface area contributed by atoms with Gasteiger partial charge < -0.3 is 9.47 Å². The second kappa shape index (κ2) is 11.3. The maximum Gasteiger partial charge on any atom is 0.413 e. The number of nitrogens with one attached hydrogen (secondary N) is 2. The second-order valence-electron chi connectivity index (χ2n) is 8.72. The quantitative estimate of drug-likeness (QED) is 0.335. The SMILES string of the molecule is Cc1ccc(NC(=O)OCC(Cl)(Cl)Cl)cc1-c1cncc(-c2cc(NC(=O)OC(C)(C)C)ncn2)c1. The summed E-state index contributed by atoms with van der Waals surface area (Å²) in [5, 5.41) is 5.21. The Kier molecular flexibility index (Phi) is 8.60. The van der Waals surface area contributed by atoms with Crippen LogP contribution in [0, 0.1) is 6.92 Å². The number of benzene rings is 1. The zero-order chi connectivity index (χ0) is 26.5. The first-order chi connectivity index (χ1) is 16.8. The number of nitrogens with zero attached hydrogens (tertiary/aromatic N) is 3. The standard InChI is InChI=1S/C24H24Cl3N5O4/c1-14-5-6-17(31-21(33)35-12-24(25,26)27)8-18(14)15-7-16(11-28-10-15)19-9-20(30-13-29-19)32-22(34)36-23(2,3)4/h5-11,13H,12H2,1-4H3,(H,31,33)(H,29,30,32,34). The van der Waals surface area contributed by atoms with Gasteiger partial charge in [-0.3, -0.25) is 15.6 Å². The third kappa shape index (κ3) is 8.51. The van der Waals surface area contributed by atoms with E-state index < -0.39 is 28.2 Å². The van der Waals surface area contributed by atoms with Crippen molar-refractivity contribution in [3.05, 3.63) is 54.6 Å². The number of amides is 2. The Morgan fingerprint density at radius 2 is 1.67 bits per heavy atom. The number of anilines is 2. The smallest absolute Gasteiger partial charge is 0.413 e. The number of hydrogen-bond donors (Lipinski definition) is 2. The molecule has 12 heteroatoms. The summed E-state index contributed by atoms with van der Waals surface area (Å²) in [7, 11) is 0. The molecule has 0 saturated heterocycles. The van der Waals surface area contributed by atoms with Crippen molar-refractivity contribution in [1.29, 1.82) is 0 Å². The van der Waals surface area contributed by atoms with Gasteiger partial charge in [0.2, 0.25) is 3.79 Å². The van der Waals surface area contributed by atoms with E-state index in [1.807, 2.05) is 19.1 Å². The highest BCUT2D eigenvalue weighted by Gasteiger charge is 2.22. The van der Waals surface area contributed by atoms with Gasteiger partial charge in [-0.15, -0.1) is 0 Å². The van der Waals surface area contributed by atoms with Gasteiger partial charge in [-0.1, -0.05) is 40.9 Å². The predicted octanol–water partition coefficient (Wildman–Crippen LogP) is 6.78. The number of carbonyl (C=O) groups excluding carboxylic acids is 2. The zero-order valence-electron chi connectivity index (χ0n) is 19.9. The highest BCUT2D eigenvalue weighted by Crippen LogP contribution is 2.30. The van der Waals surface area contributed by atoms with E-state index >= 15 is 0 Å². The first kappa shape index (κ1) is 27.4. The lowest BCUT2D eigenvalue weighted by molar-refractivity contribution is 0.0635. The number of halogens is 3. The van der Waals surface area contributed by atoms with Gasteiger partial charge in [0.05, 0.1) is 5.69 Å². The van der Waals surface area contributed by atoms with Gasteiger partial charge in [0.25, 0.3) is 0 Å². The third-order valence-corrected chi connectivity index (χ3v) is 4.82. The van der Waals surface area contributed by atoms with Crippen molar-refractivity contribution in [2.75, 3.05) is 17.2 Å². The summed E-state index contributed by atoms with van der Waals surface area (Å²) in [5.74, 6) is 0.287. The average Bonchev–Trinajstić information content (AvgIpc) is 2.77. The molecule has 0 aliphatic rings.